The van der Waals surface area contributed by atoms with E-state index in [1.807, 2.05) is 0 Å². The SMILES string of the molecule is CCCCN(CC)C(CCC)(CCCC)C(=N)CCC. The number of unbranched alkanes of at least 4 members (excludes halogenated alkanes) is 2. The van der Waals surface area contributed by atoms with E-state index in [0.717, 1.165) is 38.1 Å². The van der Waals surface area contributed by atoms with Crippen LogP contribution in [-0.2, 0) is 0 Å². The first-order chi connectivity index (χ1) is 9.62. The van der Waals surface area contributed by atoms with Gasteiger partial charge in [-0.15, -0.1) is 0 Å². The summed E-state index contributed by atoms with van der Waals surface area (Å²) in [4.78, 5) is 2.62. The number of rotatable bonds is 13. The summed E-state index contributed by atoms with van der Waals surface area (Å²) in [5, 5.41) is 8.70. The lowest BCUT2D eigenvalue weighted by Crippen LogP contribution is -2.54. The smallest absolute Gasteiger partial charge is 0.0586 e. The average Bonchev–Trinajstić information content (AvgIpc) is 2.45. The van der Waals surface area contributed by atoms with Gasteiger partial charge < -0.3 is 5.41 Å². The van der Waals surface area contributed by atoms with Crippen molar-refractivity contribution in [3.63, 3.8) is 0 Å². The summed E-state index contributed by atoms with van der Waals surface area (Å²) >= 11 is 0. The maximum absolute atomic E-state index is 8.70. The van der Waals surface area contributed by atoms with E-state index < -0.39 is 0 Å². The molecule has 0 fully saturated rings. The van der Waals surface area contributed by atoms with Gasteiger partial charge in [0.05, 0.1) is 5.54 Å². The van der Waals surface area contributed by atoms with Crippen molar-refractivity contribution in [3.05, 3.63) is 0 Å². The molecule has 1 N–H and O–H groups in total. The van der Waals surface area contributed by atoms with Crippen LogP contribution in [0, 0.1) is 5.41 Å². The number of nitrogens with one attached hydrogen (secondary N) is 1. The van der Waals surface area contributed by atoms with Gasteiger partial charge in [-0.2, -0.15) is 0 Å². The zero-order chi connectivity index (χ0) is 15.4. The molecule has 0 spiro atoms. The Morgan fingerprint density at radius 1 is 0.850 bits per heavy atom. The molecule has 0 aromatic heterocycles. The highest BCUT2D eigenvalue weighted by Gasteiger charge is 2.37. The Hall–Kier alpha value is -0.370. The second-order valence-corrected chi connectivity index (χ2v) is 6.05. The van der Waals surface area contributed by atoms with Crippen molar-refractivity contribution < 1.29 is 0 Å². The molecule has 0 aromatic rings. The summed E-state index contributed by atoms with van der Waals surface area (Å²) in [7, 11) is 0. The summed E-state index contributed by atoms with van der Waals surface area (Å²) in [6.07, 6.45) is 10.5. The van der Waals surface area contributed by atoms with Crippen LogP contribution >= 0.6 is 0 Å². The van der Waals surface area contributed by atoms with Crippen LogP contribution in [0.1, 0.15) is 92.4 Å². The van der Waals surface area contributed by atoms with Gasteiger partial charge in [-0.3, -0.25) is 4.90 Å². The fourth-order valence-corrected chi connectivity index (χ4v) is 3.32. The van der Waals surface area contributed by atoms with E-state index in [1.165, 1.54) is 38.5 Å². The van der Waals surface area contributed by atoms with E-state index in [4.69, 9.17) is 5.41 Å². The predicted octanol–water partition coefficient (Wildman–Crippen LogP) is 5.66. The fraction of sp³-hybridized carbons (Fsp3) is 0.944. The van der Waals surface area contributed by atoms with Crippen LogP contribution in [-0.4, -0.2) is 29.2 Å². The normalized spacial score (nSPS) is 14.5. The number of hydrogen-bond acceptors (Lipinski definition) is 2. The first-order valence-corrected chi connectivity index (χ1v) is 8.95. The topological polar surface area (TPSA) is 27.1 Å². The summed E-state index contributed by atoms with van der Waals surface area (Å²) in [6.45, 7) is 13.5. The van der Waals surface area contributed by atoms with Crippen LogP contribution in [0.3, 0.4) is 0 Å². The molecule has 0 aliphatic carbocycles. The van der Waals surface area contributed by atoms with E-state index in [0.29, 0.717) is 0 Å². The van der Waals surface area contributed by atoms with Gasteiger partial charge in [0.2, 0.25) is 0 Å². The van der Waals surface area contributed by atoms with Crippen LogP contribution in [0.25, 0.3) is 0 Å². The van der Waals surface area contributed by atoms with Crippen molar-refractivity contribution in [1.82, 2.24) is 4.90 Å². The fourth-order valence-electron chi connectivity index (χ4n) is 3.32. The van der Waals surface area contributed by atoms with E-state index in [2.05, 4.69) is 39.5 Å². The Morgan fingerprint density at radius 3 is 1.95 bits per heavy atom. The van der Waals surface area contributed by atoms with Crippen LogP contribution in [0.4, 0.5) is 0 Å². The molecule has 0 bridgehead atoms. The molecule has 1 atom stereocenters. The molecule has 0 heterocycles. The van der Waals surface area contributed by atoms with E-state index in [1.54, 1.807) is 0 Å². The first-order valence-electron chi connectivity index (χ1n) is 8.95. The zero-order valence-corrected chi connectivity index (χ0v) is 14.7. The van der Waals surface area contributed by atoms with E-state index in [9.17, 15) is 0 Å². The third-order valence-electron chi connectivity index (χ3n) is 4.44. The Labute approximate surface area is 127 Å². The van der Waals surface area contributed by atoms with Gasteiger partial charge in [0.1, 0.15) is 0 Å². The Balaban J connectivity index is 5.24. The minimum absolute atomic E-state index is 0.0463. The highest BCUT2D eigenvalue weighted by atomic mass is 15.2. The third kappa shape index (κ3) is 5.55. The third-order valence-corrected chi connectivity index (χ3v) is 4.44. The van der Waals surface area contributed by atoms with Crippen LogP contribution < -0.4 is 0 Å². The highest BCUT2D eigenvalue weighted by molar-refractivity contribution is 5.91. The van der Waals surface area contributed by atoms with Gasteiger partial charge in [-0.25, -0.2) is 0 Å². The summed E-state index contributed by atoms with van der Waals surface area (Å²) in [6, 6.07) is 0. The van der Waals surface area contributed by atoms with Gasteiger partial charge >= 0.3 is 0 Å². The minimum Gasteiger partial charge on any atom is -0.308 e. The summed E-state index contributed by atoms with van der Waals surface area (Å²) < 4.78 is 0. The molecule has 0 radical (unpaired) electrons. The molecule has 0 aliphatic rings. The monoisotopic (exact) mass is 282 g/mol. The zero-order valence-electron chi connectivity index (χ0n) is 14.7. The molecule has 0 saturated heterocycles. The average molecular weight is 283 g/mol. The van der Waals surface area contributed by atoms with Crippen LogP contribution in [0.5, 0.6) is 0 Å². The van der Waals surface area contributed by atoms with Crippen LogP contribution in [0.15, 0.2) is 0 Å². The molecule has 0 saturated carbocycles. The molecule has 0 aliphatic heterocycles. The lowest BCUT2D eigenvalue weighted by atomic mass is 9.79. The Morgan fingerprint density at radius 2 is 1.50 bits per heavy atom. The van der Waals surface area contributed by atoms with Crippen molar-refractivity contribution in [2.24, 2.45) is 0 Å². The molecule has 0 amide bonds. The van der Waals surface area contributed by atoms with Gasteiger partial charge in [0, 0.05) is 5.71 Å². The molecule has 2 nitrogen and oxygen atoms in total. The van der Waals surface area contributed by atoms with Crippen molar-refractivity contribution in [3.8, 4) is 0 Å². The number of hydrogen-bond donors (Lipinski definition) is 1. The molecule has 20 heavy (non-hydrogen) atoms. The molecule has 2 heteroatoms. The van der Waals surface area contributed by atoms with Gasteiger partial charge in [0.15, 0.2) is 0 Å². The van der Waals surface area contributed by atoms with Crippen LogP contribution in [0.2, 0.25) is 0 Å². The lowest BCUT2D eigenvalue weighted by molar-refractivity contribution is 0.127. The van der Waals surface area contributed by atoms with Gasteiger partial charge in [-0.1, -0.05) is 66.7 Å². The maximum Gasteiger partial charge on any atom is 0.0586 e. The number of nitrogens with zero attached hydrogens (tertiary/aromatic N) is 1. The Kier molecular flexibility index (Phi) is 11.1. The summed E-state index contributed by atoms with van der Waals surface area (Å²) in [5.74, 6) is 0. The van der Waals surface area contributed by atoms with E-state index in [-0.39, 0.29) is 5.54 Å². The standard InChI is InChI=1S/C18H38N2/c1-6-11-15-18(14-9-4,17(19)13-8-3)20(10-5)16-12-7-2/h19H,6-16H2,1-5H3. The van der Waals surface area contributed by atoms with Crippen molar-refractivity contribution in [2.75, 3.05) is 13.1 Å². The minimum atomic E-state index is 0.0463. The summed E-state index contributed by atoms with van der Waals surface area (Å²) in [5.41, 5.74) is 1.04. The highest BCUT2D eigenvalue weighted by Crippen LogP contribution is 2.31. The van der Waals surface area contributed by atoms with Crippen molar-refractivity contribution in [2.45, 2.75) is 97.9 Å². The first kappa shape index (κ1) is 19.6. The molecular weight excluding hydrogens is 244 g/mol. The van der Waals surface area contributed by atoms with Crippen molar-refractivity contribution in [1.29, 1.82) is 5.41 Å². The molecule has 0 aromatic carbocycles. The molecule has 1 unspecified atom stereocenters. The van der Waals surface area contributed by atoms with Gasteiger partial charge in [-0.05, 0) is 38.8 Å². The molecular formula is C18H38N2. The largest absolute Gasteiger partial charge is 0.308 e. The van der Waals surface area contributed by atoms with Gasteiger partial charge in [0.25, 0.3) is 0 Å². The lowest BCUT2D eigenvalue weighted by Gasteiger charge is -2.45. The second-order valence-electron chi connectivity index (χ2n) is 6.05. The quantitative estimate of drug-likeness (QED) is 0.434. The predicted molar refractivity (Wildman–Crippen MR) is 92.0 cm³/mol. The van der Waals surface area contributed by atoms with Crippen molar-refractivity contribution >= 4 is 5.71 Å². The van der Waals surface area contributed by atoms with E-state index >= 15 is 0 Å². The second kappa shape index (κ2) is 11.3. The maximum atomic E-state index is 8.70. The Bertz CT molecular complexity index is 250. The molecule has 0 rings (SSSR count). The molecule has 120 valence electrons.